The highest BCUT2D eigenvalue weighted by atomic mass is 79.9. The average molecular weight is 155 g/mol. The second-order valence-corrected chi connectivity index (χ2v) is 1.48. The molecule has 6 heavy (non-hydrogen) atoms. The lowest BCUT2D eigenvalue weighted by Gasteiger charge is -1.66. The van der Waals surface area contributed by atoms with Gasteiger partial charge in [-0.1, -0.05) is 22.9 Å². The molecule has 1 nitrogen and oxygen atoms in total. The molecule has 0 aliphatic carbocycles. The van der Waals surface area contributed by atoms with Gasteiger partial charge in [-0.2, -0.15) is 0 Å². The van der Waals surface area contributed by atoms with Gasteiger partial charge in [0, 0.05) is 12.4 Å². The van der Waals surface area contributed by atoms with Gasteiger partial charge in [0.15, 0.2) is 0 Å². The molecule has 0 amide bonds. The third-order valence-electron chi connectivity index (χ3n) is 0.189. The first-order valence-electron chi connectivity index (χ1n) is 1.92. The first-order chi connectivity index (χ1) is 2.91. The second-order valence-electron chi connectivity index (χ2n) is 0.689. The Balaban J connectivity index is 0. The molecular formula is C4H11BrO. The van der Waals surface area contributed by atoms with Crippen LogP contribution in [0.15, 0.2) is 0 Å². The van der Waals surface area contributed by atoms with E-state index < -0.39 is 0 Å². The Morgan fingerprint density at radius 2 is 1.67 bits per heavy atom. The summed E-state index contributed by atoms with van der Waals surface area (Å²) in [5.41, 5.74) is 0. The van der Waals surface area contributed by atoms with Crippen LogP contribution in [-0.2, 0) is 0 Å². The summed E-state index contributed by atoms with van der Waals surface area (Å²) >= 11 is 3.25. The summed E-state index contributed by atoms with van der Waals surface area (Å²) in [6, 6.07) is 0. The zero-order valence-corrected chi connectivity index (χ0v) is 5.83. The minimum absolute atomic E-state index is 1.00. The molecule has 0 radical (unpaired) electrons. The molecule has 2 heteroatoms. The smallest absolute Gasteiger partial charge is 0.0319 e. The summed E-state index contributed by atoms with van der Waals surface area (Å²) in [5.74, 6) is 0. The van der Waals surface area contributed by atoms with Crippen LogP contribution in [0, 0.1) is 0 Å². The van der Waals surface area contributed by atoms with Crippen molar-refractivity contribution < 1.29 is 5.11 Å². The van der Waals surface area contributed by atoms with Gasteiger partial charge in [-0.05, 0) is 6.42 Å². The third-order valence-corrected chi connectivity index (χ3v) is 0.982. The molecule has 0 rings (SSSR count). The van der Waals surface area contributed by atoms with Gasteiger partial charge in [0.05, 0.1) is 0 Å². The molecule has 0 aromatic rings. The van der Waals surface area contributed by atoms with Gasteiger partial charge < -0.3 is 5.11 Å². The molecule has 0 aliphatic heterocycles. The van der Waals surface area contributed by atoms with Crippen molar-refractivity contribution in [2.24, 2.45) is 0 Å². The first-order valence-corrected chi connectivity index (χ1v) is 3.04. The summed E-state index contributed by atoms with van der Waals surface area (Å²) in [5, 5.41) is 8.13. The summed E-state index contributed by atoms with van der Waals surface area (Å²) in [6.45, 7) is 2.13. The van der Waals surface area contributed by atoms with Gasteiger partial charge >= 0.3 is 0 Å². The van der Waals surface area contributed by atoms with Gasteiger partial charge in [-0.3, -0.25) is 0 Å². The van der Waals surface area contributed by atoms with Gasteiger partial charge in [0.2, 0.25) is 0 Å². The Labute approximate surface area is 47.5 Å². The maximum Gasteiger partial charge on any atom is 0.0319 e. The fraction of sp³-hybridized carbons (Fsp3) is 1.00. The van der Waals surface area contributed by atoms with Crippen LogP contribution in [0.5, 0.6) is 0 Å². The summed E-state index contributed by atoms with van der Waals surface area (Å²) < 4.78 is 0. The normalized spacial score (nSPS) is 6.00. The predicted molar refractivity (Wildman–Crippen MR) is 32.2 cm³/mol. The molecule has 1 N–H and O–H groups in total. The molecule has 0 aromatic heterocycles. The van der Waals surface area contributed by atoms with Gasteiger partial charge in [-0.25, -0.2) is 0 Å². The average Bonchev–Trinajstić information content (AvgIpc) is 1.72. The second kappa shape index (κ2) is 18.0. The van der Waals surface area contributed by atoms with Crippen molar-refractivity contribution in [1.82, 2.24) is 0 Å². The zero-order chi connectivity index (χ0) is 5.41. The van der Waals surface area contributed by atoms with Crippen LogP contribution in [-0.4, -0.2) is 17.5 Å². The van der Waals surface area contributed by atoms with E-state index in [9.17, 15) is 0 Å². The summed E-state index contributed by atoms with van der Waals surface area (Å²) in [4.78, 5) is 0. The van der Waals surface area contributed by atoms with Crippen molar-refractivity contribution in [2.45, 2.75) is 13.3 Å². The molecule has 40 valence electrons. The summed E-state index contributed by atoms with van der Waals surface area (Å²) in [7, 11) is 1.00. The monoisotopic (exact) mass is 154 g/mol. The van der Waals surface area contributed by atoms with E-state index in [4.69, 9.17) is 5.11 Å². The Morgan fingerprint density at radius 3 is 1.67 bits per heavy atom. The quantitative estimate of drug-likeness (QED) is 0.567. The highest BCUT2D eigenvalue weighted by Crippen LogP contribution is 1.80. The minimum Gasteiger partial charge on any atom is -0.400 e. The predicted octanol–water partition coefficient (Wildman–Crippen LogP) is 1.40. The topological polar surface area (TPSA) is 20.2 Å². The standard InChI is InChI=1S/C3H7Br.CH4O/c1-2-3-4;1-2/h2-3H2,1H3;2H,1H3. The SMILES string of the molecule is CCCBr.CO. The summed E-state index contributed by atoms with van der Waals surface area (Å²) in [6.07, 6.45) is 1.24. The highest BCUT2D eigenvalue weighted by Gasteiger charge is 1.58. The van der Waals surface area contributed by atoms with Crippen molar-refractivity contribution in [3.63, 3.8) is 0 Å². The number of rotatable bonds is 1. The van der Waals surface area contributed by atoms with Crippen molar-refractivity contribution in [1.29, 1.82) is 0 Å². The van der Waals surface area contributed by atoms with E-state index in [-0.39, 0.29) is 0 Å². The van der Waals surface area contributed by atoms with E-state index in [1.54, 1.807) is 0 Å². The Kier molecular flexibility index (Phi) is 29.0. The highest BCUT2D eigenvalue weighted by molar-refractivity contribution is 9.09. The van der Waals surface area contributed by atoms with E-state index in [0.29, 0.717) is 0 Å². The lowest BCUT2D eigenvalue weighted by atomic mass is 10.6. The lowest BCUT2D eigenvalue weighted by Crippen LogP contribution is -1.54. The van der Waals surface area contributed by atoms with E-state index in [0.717, 1.165) is 12.4 Å². The van der Waals surface area contributed by atoms with Crippen molar-refractivity contribution in [3.8, 4) is 0 Å². The molecule has 0 saturated heterocycles. The van der Waals surface area contributed by atoms with Crippen LogP contribution >= 0.6 is 15.9 Å². The number of alkyl halides is 1. The van der Waals surface area contributed by atoms with Crippen LogP contribution in [0.2, 0.25) is 0 Å². The van der Waals surface area contributed by atoms with Crippen LogP contribution in [0.4, 0.5) is 0 Å². The molecule has 0 bridgehead atoms. The number of halogens is 1. The van der Waals surface area contributed by atoms with E-state index in [2.05, 4.69) is 22.9 Å². The first kappa shape index (κ1) is 9.67. The molecule has 0 fully saturated rings. The van der Waals surface area contributed by atoms with Gasteiger partial charge in [0.25, 0.3) is 0 Å². The molecule has 0 unspecified atom stereocenters. The van der Waals surface area contributed by atoms with E-state index >= 15 is 0 Å². The molecular weight excluding hydrogens is 144 g/mol. The van der Waals surface area contributed by atoms with Crippen LogP contribution in [0.1, 0.15) is 13.3 Å². The maximum absolute atomic E-state index is 7.00. The van der Waals surface area contributed by atoms with Gasteiger partial charge in [-0.15, -0.1) is 0 Å². The molecule has 0 aromatic carbocycles. The lowest BCUT2D eigenvalue weighted by molar-refractivity contribution is 0.399. The minimum atomic E-state index is 1.00. The number of hydrogen-bond acceptors (Lipinski definition) is 1. The van der Waals surface area contributed by atoms with Crippen molar-refractivity contribution >= 4 is 15.9 Å². The molecule has 0 aliphatic rings. The Bertz CT molecular complexity index is 9.51. The van der Waals surface area contributed by atoms with E-state index in [1.165, 1.54) is 6.42 Å². The maximum atomic E-state index is 7.00. The van der Waals surface area contributed by atoms with Crippen LogP contribution in [0.3, 0.4) is 0 Å². The van der Waals surface area contributed by atoms with Crippen molar-refractivity contribution in [3.05, 3.63) is 0 Å². The largest absolute Gasteiger partial charge is 0.400 e. The number of aliphatic hydroxyl groups is 1. The van der Waals surface area contributed by atoms with Gasteiger partial charge in [0.1, 0.15) is 0 Å². The molecule has 0 saturated carbocycles. The van der Waals surface area contributed by atoms with Crippen LogP contribution < -0.4 is 0 Å². The molecule has 0 heterocycles. The molecule has 0 atom stereocenters. The van der Waals surface area contributed by atoms with E-state index in [1.807, 2.05) is 0 Å². The third kappa shape index (κ3) is 25.3. The fourth-order valence-corrected chi connectivity index (χ4v) is 0. The van der Waals surface area contributed by atoms with Crippen molar-refractivity contribution in [2.75, 3.05) is 12.4 Å². The Hall–Kier alpha value is 0.440. The fourth-order valence-electron chi connectivity index (χ4n) is 0. The Morgan fingerprint density at radius 1 is 1.50 bits per heavy atom. The zero-order valence-electron chi connectivity index (χ0n) is 4.24. The number of aliphatic hydroxyl groups excluding tert-OH is 1. The van der Waals surface area contributed by atoms with Crippen LogP contribution in [0.25, 0.3) is 0 Å². The molecule has 0 spiro atoms. The number of hydrogen-bond donors (Lipinski definition) is 1.